The maximum absolute atomic E-state index is 10.4. The molecule has 0 aromatic carbocycles. The summed E-state index contributed by atoms with van der Waals surface area (Å²) in [5, 5.41) is 29.0. The Balaban J connectivity index is 1.51. The minimum absolute atomic E-state index is 0.0526. The standard InChI is InChI=1S/C21H26N6O2S/c1-15-4-2-6-21-24-19(25-27(15)21)7-8-20-23-17(18-5-3-11-30-18)14-26(20)13-16(29)12-22-9-10-28/h2-6,11,14,16,22,28-29H,7-10,12-13H2,1H3/t16-/m0/s1. The third kappa shape index (κ3) is 4.76. The second-order valence-corrected chi connectivity index (χ2v) is 8.17. The molecule has 0 spiro atoms. The molecule has 0 amide bonds. The molecule has 0 aliphatic carbocycles. The second-order valence-electron chi connectivity index (χ2n) is 7.22. The van der Waals surface area contributed by atoms with E-state index in [0.717, 1.165) is 33.6 Å². The maximum Gasteiger partial charge on any atom is 0.155 e. The van der Waals surface area contributed by atoms with E-state index in [1.807, 2.05) is 57.9 Å². The van der Waals surface area contributed by atoms with Crippen molar-refractivity contribution in [3.8, 4) is 10.6 Å². The highest BCUT2D eigenvalue weighted by atomic mass is 32.1. The number of pyridine rings is 1. The summed E-state index contributed by atoms with van der Waals surface area (Å²) in [5.74, 6) is 1.68. The molecule has 4 aromatic heterocycles. The van der Waals surface area contributed by atoms with Crippen molar-refractivity contribution in [2.24, 2.45) is 0 Å². The van der Waals surface area contributed by atoms with Crippen molar-refractivity contribution in [1.29, 1.82) is 0 Å². The van der Waals surface area contributed by atoms with E-state index in [4.69, 9.17) is 10.1 Å². The lowest BCUT2D eigenvalue weighted by Gasteiger charge is -2.14. The van der Waals surface area contributed by atoms with Gasteiger partial charge >= 0.3 is 0 Å². The number of thiophene rings is 1. The van der Waals surface area contributed by atoms with Crippen LogP contribution in [0.3, 0.4) is 0 Å². The summed E-state index contributed by atoms with van der Waals surface area (Å²) in [4.78, 5) is 10.5. The molecule has 0 aliphatic rings. The van der Waals surface area contributed by atoms with Gasteiger partial charge in [-0.15, -0.1) is 11.3 Å². The molecule has 0 saturated heterocycles. The number of imidazole rings is 1. The number of hydrogen-bond acceptors (Lipinski definition) is 7. The lowest BCUT2D eigenvalue weighted by molar-refractivity contribution is 0.147. The third-order valence-corrected chi connectivity index (χ3v) is 5.77. The number of aromatic nitrogens is 5. The fourth-order valence-electron chi connectivity index (χ4n) is 3.40. The summed E-state index contributed by atoms with van der Waals surface area (Å²) >= 11 is 1.65. The Morgan fingerprint density at radius 3 is 2.83 bits per heavy atom. The van der Waals surface area contributed by atoms with E-state index >= 15 is 0 Å². The number of hydrogen-bond donors (Lipinski definition) is 3. The number of fused-ring (bicyclic) bond motifs is 1. The first-order chi connectivity index (χ1) is 14.6. The number of nitrogens with one attached hydrogen (secondary N) is 1. The van der Waals surface area contributed by atoms with Crippen molar-refractivity contribution in [3.63, 3.8) is 0 Å². The number of aliphatic hydroxyl groups is 2. The van der Waals surface area contributed by atoms with E-state index in [2.05, 4.69) is 15.4 Å². The van der Waals surface area contributed by atoms with Crippen molar-refractivity contribution in [1.82, 2.24) is 29.5 Å². The van der Waals surface area contributed by atoms with E-state index in [1.165, 1.54) is 0 Å². The maximum atomic E-state index is 10.4. The molecule has 9 heteroatoms. The van der Waals surface area contributed by atoms with Crippen LogP contribution in [0.15, 0.2) is 41.9 Å². The first-order valence-electron chi connectivity index (χ1n) is 10.0. The lowest BCUT2D eigenvalue weighted by Crippen LogP contribution is -2.32. The summed E-state index contributed by atoms with van der Waals surface area (Å²) in [6.07, 6.45) is 2.77. The van der Waals surface area contributed by atoms with Crippen LogP contribution in [-0.2, 0) is 19.4 Å². The van der Waals surface area contributed by atoms with Crippen LogP contribution >= 0.6 is 11.3 Å². The first-order valence-corrected chi connectivity index (χ1v) is 10.9. The molecule has 0 bridgehead atoms. The van der Waals surface area contributed by atoms with Gasteiger partial charge < -0.3 is 20.1 Å². The van der Waals surface area contributed by atoms with Crippen LogP contribution in [0.25, 0.3) is 16.2 Å². The first kappa shape index (κ1) is 20.7. The molecule has 8 nitrogen and oxygen atoms in total. The van der Waals surface area contributed by atoms with Gasteiger partial charge in [-0.05, 0) is 30.5 Å². The van der Waals surface area contributed by atoms with Crippen LogP contribution in [-0.4, -0.2) is 60.2 Å². The second kappa shape index (κ2) is 9.48. The summed E-state index contributed by atoms with van der Waals surface area (Å²) < 4.78 is 3.87. The molecule has 4 aromatic rings. The summed E-state index contributed by atoms with van der Waals surface area (Å²) in [6.45, 7) is 3.38. The largest absolute Gasteiger partial charge is 0.395 e. The Morgan fingerprint density at radius 2 is 2.07 bits per heavy atom. The SMILES string of the molecule is Cc1cccc2nc(CCc3nc(-c4cccs4)cn3C[C@@H](O)CNCCO)nn12. The Hall–Kier alpha value is -2.59. The van der Waals surface area contributed by atoms with E-state index in [1.54, 1.807) is 11.3 Å². The van der Waals surface area contributed by atoms with Crippen LogP contribution in [0, 0.1) is 6.92 Å². The average Bonchev–Trinajstić information content (AvgIpc) is 3.46. The molecule has 0 fully saturated rings. The van der Waals surface area contributed by atoms with Crippen molar-refractivity contribution >= 4 is 17.0 Å². The molecular weight excluding hydrogens is 400 g/mol. The highest BCUT2D eigenvalue weighted by Gasteiger charge is 2.15. The van der Waals surface area contributed by atoms with Gasteiger partial charge in [0, 0.05) is 37.8 Å². The molecular formula is C21H26N6O2S. The molecule has 0 unspecified atom stereocenters. The van der Waals surface area contributed by atoms with E-state index in [9.17, 15) is 5.11 Å². The van der Waals surface area contributed by atoms with Gasteiger partial charge in [0.1, 0.15) is 5.82 Å². The predicted octanol–water partition coefficient (Wildman–Crippen LogP) is 1.69. The fourth-order valence-corrected chi connectivity index (χ4v) is 4.08. The molecule has 0 saturated carbocycles. The van der Waals surface area contributed by atoms with Crippen LogP contribution in [0.1, 0.15) is 17.3 Å². The van der Waals surface area contributed by atoms with Crippen molar-refractivity contribution in [2.45, 2.75) is 32.4 Å². The van der Waals surface area contributed by atoms with Gasteiger partial charge in [0.25, 0.3) is 0 Å². The number of rotatable bonds is 10. The Kier molecular flexibility index (Phi) is 6.53. The molecule has 0 radical (unpaired) electrons. The van der Waals surface area contributed by atoms with Crippen molar-refractivity contribution < 1.29 is 10.2 Å². The fraction of sp³-hybridized carbons (Fsp3) is 0.381. The number of aryl methyl sites for hydroxylation is 3. The lowest BCUT2D eigenvalue weighted by atomic mass is 10.2. The highest BCUT2D eigenvalue weighted by molar-refractivity contribution is 7.13. The predicted molar refractivity (Wildman–Crippen MR) is 117 cm³/mol. The third-order valence-electron chi connectivity index (χ3n) is 4.87. The molecule has 4 heterocycles. The Morgan fingerprint density at radius 1 is 1.17 bits per heavy atom. The van der Waals surface area contributed by atoms with Gasteiger partial charge in [0.15, 0.2) is 11.5 Å². The summed E-state index contributed by atoms with van der Waals surface area (Å²) in [6, 6.07) is 10.0. The molecule has 1 atom stereocenters. The normalized spacial score (nSPS) is 12.6. The zero-order valence-electron chi connectivity index (χ0n) is 16.9. The van der Waals surface area contributed by atoms with Crippen LogP contribution in [0.5, 0.6) is 0 Å². The summed E-state index contributed by atoms with van der Waals surface area (Å²) in [5.41, 5.74) is 2.80. The van der Waals surface area contributed by atoms with Crippen LogP contribution in [0.4, 0.5) is 0 Å². The molecule has 0 aliphatic heterocycles. The van der Waals surface area contributed by atoms with Gasteiger partial charge in [-0.1, -0.05) is 12.1 Å². The topological polar surface area (TPSA) is 100 Å². The Labute approximate surface area is 178 Å². The number of nitrogens with zero attached hydrogens (tertiary/aromatic N) is 5. The monoisotopic (exact) mass is 426 g/mol. The minimum Gasteiger partial charge on any atom is -0.395 e. The van der Waals surface area contributed by atoms with E-state index in [-0.39, 0.29) is 6.61 Å². The summed E-state index contributed by atoms with van der Waals surface area (Å²) in [7, 11) is 0. The average molecular weight is 427 g/mol. The molecule has 3 N–H and O–H groups in total. The quantitative estimate of drug-likeness (QED) is 0.334. The molecule has 4 rings (SSSR count). The Bertz CT molecular complexity index is 1090. The molecule has 30 heavy (non-hydrogen) atoms. The van der Waals surface area contributed by atoms with Crippen LogP contribution in [0.2, 0.25) is 0 Å². The van der Waals surface area contributed by atoms with E-state index < -0.39 is 6.10 Å². The van der Waals surface area contributed by atoms with Gasteiger partial charge in [-0.25, -0.2) is 14.5 Å². The molecule has 158 valence electrons. The van der Waals surface area contributed by atoms with Crippen molar-refractivity contribution in [2.75, 3.05) is 19.7 Å². The smallest absolute Gasteiger partial charge is 0.155 e. The van der Waals surface area contributed by atoms with Gasteiger partial charge in [-0.3, -0.25) is 0 Å². The van der Waals surface area contributed by atoms with Crippen molar-refractivity contribution in [3.05, 3.63) is 59.3 Å². The zero-order chi connectivity index (χ0) is 20.9. The van der Waals surface area contributed by atoms with E-state index in [0.29, 0.717) is 32.5 Å². The zero-order valence-corrected chi connectivity index (χ0v) is 17.7. The van der Waals surface area contributed by atoms with Gasteiger partial charge in [0.2, 0.25) is 0 Å². The highest BCUT2D eigenvalue weighted by Crippen LogP contribution is 2.24. The van der Waals surface area contributed by atoms with Gasteiger partial charge in [0.05, 0.1) is 29.8 Å². The van der Waals surface area contributed by atoms with Gasteiger partial charge in [-0.2, -0.15) is 5.10 Å². The minimum atomic E-state index is -0.573. The number of aliphatic hydroxyl groups excluding tert-OH is 2. The van der Waals surface area contributed by atoms with Crippen LogP contribution < -0.4 is 5.32 Å².